The first-order valence-corrected chi connectivity index (χ1v) is 6.97. The van der Waals surface area contributed by atoms with Crippen LogP contribution in [0.4, 0.5) is 11.4 Å². The number of anilines is 2. The summed E-state index contributed by atoms with van der Waals surface area (Å²) in [5.74, 6) is 0.979. The van der Waals surface area contributed by atoms with Crippen molar-refractivity contribution in [2.24, 2.45) is 0 Å². The fraction of sp³-hybridized carbons (Fsp3) is 0.176. The van der Waals surface area contributed by atoms with E-state index in [0.29, 0.717) is 29.3 Å². The first-order valence-electron chi connectivity index (χ1n) is 6.97. The Morgan fingerprint density at radius 3 is 2.65 bits per heavy atom. The molecule has 0 aliphatic heterocycles. The van der Waals surface area contributed by atoms with E-state index < -0.39 is 0 Å². The number of carbonyl (C=O) groups excluding carboxylic acids is 2. The van der Waals surface area contributed by atoms with Gasteiger partial charge in [0.25, 0.3) is 5.91 Å². The standard InChI is InChI=1S/C17H18N2O4/c1-19(14-6-4-7-15(10-14)22-2)17(21)11-23-16-8-3-5-13(9-16)18-12-20/h3-10,12H,11H2,1-2H3,(H,18,20). The summed E-state index contributed by atoms with van der Waals surface area (Å²) >= 11 is 0. The Morgan fingerprint density at radius 2 is 1.91 bits per heavy atom. The lowest BCUT2D eigenvalue weighted by atomic mass is 10.2. The normalized spacial score (nSPS) is 9.83. The van der Waals surface area contributed by atoms with Crippen LogP contribution in [0.25, 0.3) is 0 Å². The number of nitrogens with zero attached hydrogens (tertiary/aromatic N) is 1. The fourth-order valence-electron chi connectivity index (χ4n) is 1.95. The fourth-order valence-corrected chi connectivity index (χ4v) is 1.95. The first kappa shape index (κ1) is 16.4. The van der Waals surface area contributed by atoms with Crippen LogP contribution in [-0.4, -0.2) is 33.1 Å². The smallest absolute Gasteiger partial charge is 0.264 e. The minimum absolute atomic E-state index is 0.113. The summed E-state index contributed by atoms with van der Waals surface area (Å²) in [5.41, 5.74) is 1.32. The van der Waals surface area contributed by atoms with E-state index in [2.05, 4.69) is 5.32 Å². The SMILES string of the molecule is COc1cccc(N(C)C(=O)COc2cccc(NC=O)c2)c1. The van der Waals surface area contributed by atoms with Gasteiger partial charge in [0.15, 0.2) is 6.61 Å². The Balaban J connectivity index is 1.98. The van der Waals surface area contributed by atoms with E-state index in [1.165, 1.54) is 4.90 Å². The second kappa shape index (κ2) is 7.84. The van der Waals surface area contributed by atoms with Crippen LogP contribution >= 0.6 is 0 Å². The van der Waals surface area contributed by atoms with Crippen molar-refractivity contribution in [1.29, 1.82) is 0 Å². The van der Waals surface area contributed by atoms with Crippen molar-refractivity contribution < 1.29 is 19.1 Å². The highest BCUT2D eigenvalue weighted by atomic mass is 16.5. The molecule has 0 fully saturated rings. The number of nitrogens with one attached hydrogen (secondary N) is 1. The predicted octanol–water partition coefficient (Wildman–Crippen LogP) is 2.31. The number of methoxy groups -OCH3 is 1. The van der Waals surface area contributed by atoms with E-state index >= 15 is 0 Å². The number of hydrogen-bond acceptors (Lipinski definition) is 4. The van der Waals surface area contributed by atoms with Crippen LogP contribution in [0.1, 0.15) is 0 Å². The number of carbonyl (C=O) groups is 2. The number of amides is 2. The molecule has 0 heterocycles. The Kier molecular flexibility index (Phi) is 5.57. The lowest BCUT2D eigenvalue weighted by Gasteiger charge is -2.18. The Morgan fingerprint density at radius 1 is 1.17 bits per heavy atom. The average Bonchev–Trinajstić information content (AvgIpc) is 2.59. The van der Waals surface area contributed by atoms with Crippen LogP contribution in [0.15, 0.2) is 48.5 Å². The quantitative estimate of drug-likeness (QED) is 0.796. The van der Waals surface area contributed by atoms with Crippen LogP contribution in [0.2, 0.25) is 0 Å². The highest BCUT2D eigenvalue weighted by molar-refractivity contribution is 5.94. The molecule has 2 rings (SSSR count). The number of benzene rings is 2. The Bertz CT molecular complexity index is 688. The molecular formula is C17H18N2O4. The maximum atomic E-state index is 12.2. The van der Waals surface area contributed by atoms with Gasteiger partial charge in [-0.25, -0.2) is 0 Å². The number of hydrogen-bond donors (Lipinski definition) is 1. The van der Waals surface area contributed by atoms with Crippen molar-refractivity contribution in [2.45, 2.75) is 0 Å². The lowest BCUT2D eigenvalue weighted by Crippen LogP contribution is -2.31. The summed E-state index contributed by atoms with van der Waals surface area (Å²) < 4.78 is 10.6. The lowest BCUT2D eigenvalue weighted by molar-refractivity contribution is -0.120. The summed E-state index contributed by atoms with van der Waals surface area (Å²) in [5, 5.41) is 2.53. The van der Waals surface area contributed by atoms with Gasteiger partial charge in [0.1, 0.15) is 11.5 Å². The average molecular weight is 314 g/mol. The maximum absolute atomic E-state index is 12.2. The molecule has 2 aromatic rings. The molecular weight excluding hydrogens is 296 g/mol. The molecule has 0 bridgehead atoms. The Hall–Kier alpha value is -3.02. The van der Waals surface area contributed by atoms with Gasteiger partial charge in [0, 0.05) is 30.6 Å². The molecule has 0 aliphatic carbocycles. The second-order valence-corrected chi connectivity index (χ2v) is 4.73. The first-order chi connectivity index (χ1) is 11.1. The minimum atomic E-state index is -0.202. The van der Waals surface area contributed by atoms with E-state index in [0.717, 1.165) is 0 Å². The van der Waals surface area contributed by atoms with Gasteiger partial charge in [-0.1, -0.05) is 12.1 Å². The van der Waals surface area contributed by atoms with Gasteiger partial charge in [-0.2, -0.15) is 0 Å². The summed E-state index contributed by atoms with van der Waals surface area (Å²) in [7, 11) is 3.25. The number of likely N-dealkylation sites (N-methyl/N-ethyl adjacent to an activating group) is 1. The van der Waals surface area contributed by atoms with Crippen LogP contribution in [0.3, 0.4) is 0 Å². The van der Waals surface area contributed by atoms with E-state index in [1.54, 1.807) is 44.5 Å². The third-order valence-electron chi connectivity index (χ3n) is 3.24. The van der Waals surface area contributed by atoms with Gasteiger partial charge < -0.3 is 19.7 Å². The molecule has 120 valence electrons. The monoisotopic (exact) mass is 314 g/mol. The highest BCUT2D eigenvalue weighted by Gasteiger charge is 2.12. The zero-order valence-electron chi connectivity index (χ0n) is 13.0. The van der Waals surface area contributed by atoms with E-state index in [-0.39, 0.29) is 12.5 Å². The van der Waals surface area contributed by atoms with Crippen molar-refractivity contribution in [2.75, 3.05) is 31.0 Å². The predicted molar refractivity (Wildman–Crippen MR) is 88.0 cm³/mol. The van der Waals surface area contributed by atoms with E-state index in [1.807, 2.05) is 18.2 Å². The van der Waals surface area contributed by atoms with Gasteiger partial charge in [-0.05, 0) is 24.3 Å². The van der Waals surface area contributed by atoms with Crippen molar-refractivity contribution in [3.05, 3.63) is 48.5 Å². The highest BCUT2D eigenvalue weighted by Crippen LogP contribution is 2.21. The van der Waals surface area contributed by atoms with Gasteiger partial charge in [0.05, 0.1) is 7.11 Å². The van der Waals surface area contributed by atoms with E-state index in [4.69, 9.17) is 9.47 Å². The van der Waals surface area contributed by atoms with Gasteiger partial charge in [0.2, 0.25) is 6.41 Å². The molecule has 0 unspecified atom stereocenters. The summed E-state index contributed by atoms with van der Waals surface area (Å²) in [6.45, 7) is -0.113. The van der Waals surface area contributed by atoms with Crippen LogP contribution in [-0.2, 0) is 9.59 Å². The summed E-state index contributed by atoms with van der Waals surface area (Å²) in [6, 6.07) is 14.0. The molecule has 0 saturated heterocycles. The molecule has 0 radical (unpaired) electrons. The molecule has 6 heteroatoms. The van der Waals surface area contributed by atoms with Crippen molar-refractivity contribution in [3.8, 4) is 11.5 Å². The molecule has 0 spiro atoms. The molecule has 0 aromatic heterocycles. The van der Waals surface area contributed by atoms with Crippen molar-refractivity contribution >= 4 is 23.7 Å². The number of ether oxygens (including phenoxy) is 2. The zero-order valence-corrected chi connectivity index (χ0v) is 13.0. The van der Waals surface area contributed by atoms with Crippen LogP contribution < -0.4 is 19.7 Å². The Labute approximate surface area is 134 Å². The third-order valence-corrected chi connectivity index (χ3v) is 3.24. The van der Waals surface area contributed by atoms with Crippen LogP contribution in [0, 0.1) is 0 Å². The summed E-state index contributed by atoms with van der Waals surface area (Å²) in [4.78, 5) is 24.1. The molecule has 2 amide bonds. The topological polar surface area (TPSA) is 67.9 Å². The zero-order chi connectivity index (χ0) is 16.7. The molecule has 0 aliphatic rings. The van der Waals surface area contributed by atoms with E-state index in [9.17, 15) is 9.59 Å². The minimum Gasteiger partial charge on any atom is -0.497 e. The number of rotatable bonds is 7. The molecule has 1 N–H and O–H groups in total. The molecule has 0 saturated carbocycles. The largest absolute Gasteiger partial charge is 0.497 e. The van der Waals surface area contributed by atoms with Crippen molar-refractivity contribution in [1.82, 2.24) is 0 Å². The maximum Gasteiger partial charge on any atom is 0.264 e. The second-order valence-electron chi connectivity index (χ2n) is 4.73. The van der Waals surface area contributed by atoms with Crippen molar-refractivity contribution in [3.63, 3.8) is 0 Å². The molecule has 2 aromatic carbocycles. The molecule has 6 nitrogen and oxygen atoms in total. The third kappa shape index (κ3) is 4.47. The van der Waals surface area contributed by atoms with Gasteiger partial charge in [-0.3, -0.25) is 9.59 Å². The molecule has 23 heavy (non-hydrogen) atoms. The summed E-state index contributed by atoms with van der Waals surface area (Å²) in [6.07, 6.45) is 0.584. The van der Waals surface area contributed by atoms with Gasteiger partial charge in [-0.15, -0.1) is 0 Å². The van der Waals surface area contributed by atoms with Gasteiger partial charge >= 0.3 is 0 Å². The molecule has 0 atom stereocenters. The van der Waals surface area contributed by atoms with Crippen LogP contribution in [0.5, 0.6) is 11.5 Å².